The van der Waals surface area contributed by atoms with Gasteiger partial charge in [-0.3, -0.25) is 0 Å². The van der Waals surface area contributed by atoms with Gasteiger partial charge in [0, 0.05) is 35.1 Å². The van der Waals surface area contributed by atoms with Crippen LogP contribution >= 0.6 is 23.4 Å². The fourth-order valence-corrected chi connectivity index (χ4v) is 3.43. The summed E-state index contributed by atoms with van der Waals surface area (Å²) in [6.45, 7) is 13.0. The molecule has 0 unspecified atom stereocenters. The van der Waals surface area contributed by atoms with Gasteiger partial charge in [0.05, 0.1) is 0 Å². The van der Waals surface area contributed by atoms with E-state index in [0.717, 1.165) is 36.9 Å². The Hall–Kier alpha value is -0.480. The number of anilines is 1. The molecule has 2 rings (SSSR count). The van der Waals surface area contributed by atoms with E-state index >= 15 is 0 Å². The minimum Gasteiger partial charge on any atom is -0.356 e. The molecule has 0 aliphatic carbocycles. The quantitative estimate of drug-likeness (QED) is 0.728. The maximum atomic E-state index is 6.19. The third kappa shape index (κ3) is 4.01. The molecule has 1 aliphatic heterocycles. The number of aromatic nitrogens is 2. The molecule has 1 aliphatic rings. The number of halogens is 1. The lowest BCUT2D eigenvalue weighted by atomic mass is 9.96. The summed E-state index contributed by atoms with van der Waals surface area (Å²) in [5.41, 5.74) is -0.0838. The molecule has 0 atom stereocenters. The van der Waals surface area contributed by atoms with E-state index in [2.05, 4.69) is 44.5 Å². The molecule has 0 radical (unpaired) electrons. The van der Waals surface area contributed by atoms with Gasteiger partial charge < -0.3 is 4.90 Å². The summed E-state index contributed by atoms with van der Waals surface area (Å²) in [6.07, 6.45) is 1.16. The number of nitrogens with zero attached hydrogens (tertiary/aromatic N) is 3. The highest BCUT2D eigenvalue weighted by atomic mass is 35.5. The number of rotatable bonds is 1. The maximum Gasteiger partial charge on any atom is 0.137 e. The minimum absolute atomic E-state index is 0.0838. The molecule has 0 aromatic carbocycles. The number of thioether (sulfide) groups is 1. The fraction of sp³-hybridized carbons (Fsp3) is 0.733. The van der Waals surface area contributed by atoms with Crippen LogP contribution in [0.25, 0.3) is 0 Å². The van der Waals surface area contributed by atoms with E-state index in [1.54, 1.807) is 0 Å². The summed E-state index contributed by atoms with van der Waals surface area (Å²) < 4.78 is 0.346. The van der Waals surface area contributed by atoms with Crippen LogP contribution < -0.4 is 4.90 Å². The average molecular weight is 314 g/mol. The Kier molecular flexibility index (Phi) is 4.55. The van der Waals surface area contributed by atoms with Crippen LogP contribution in [0.15, 0.2) is 6.07 Å². The van der Waals surface area contributed by atoms with Crippen molar-refractivity contribution in [1.82, 2.24) is 9.97 Å². The van der Waals surface area contributed by atoms with Gasteiger partial charge >= 0.3 is 0 Å². The first-order chi connectivity index (χ1) is 9.17. The van der Waals surface area contributed by atoms with Crippen molar-refractivity contribution in [2.75, 3.05) is 23.7 Å². The minimum atomic E-state index is -0.0838. The molecule has 0 spiro atoms. The Bertz CT molecular complexity index is 482. The molecule has 1 aromatic rings. The molecule has 0 amide bonds. The average Bonchev–Trinajstić information content (AvgIpc) is 2.48. The lowest BCUT2D eigenvalue weighted by Gasteiger charge is -2.25. The van der Waals surface area contributed by atoms with Crippen LogP contribution in [0.1, 0.15) is 46.9 Å². The molecule has 5 heteroatoms. The van der Waals surface area contributed by atoms with Gasteiger partial charge in [-0.2, -0.15) is 11.8 Å². The topological polar surface area (TPSA) is 29.0 Å². The van der Waals surface area contributed by atoms with Crippen LogP contribution in [-0.2, 0) is 5.41 Å². The van der Waals surface area contributed by atoms with Crippen molar-refractivity contribution >= 4 is 29.2 Å². The van der Waals surface area contributed by atoms with Crippen molar-refractivity contribution in [1.29, 1.82) is 0 Å². The predicted molar refractivity (Wildman–Crippen MR) is 89.1 cm³/mol. The second kappa shape index (κ2) is 5.72. The third-order valence-electron chi connectivity index (χ3n) is 3.51. The van der Waals surface area contributed by atoms with Crippen LogP contribution in [-0.4, -0.2) is 33.6 Å². The third-order valence-corrected chi connectivity index (χ3v) is 5.08. The number of hydrogen-bond donors (Lipinski definition) is 0. The highest BCUT2D eigenvalue weighted by molar-refractivity contribution is 8.00. The van der Waals surface area contributed by atoms with Gasteiger partial charge in [-0.15, -0.1) is 0 Å². The van der Waals surface area contributed by atoms with Crippen LogP contribution in [0.5, 0.6) is 0 Å². The van der Waals surface area contributed by atoms with Crippen molar-refractivity contribution in [2.45, 2.75) is 51.2 Å². The van der Waals surface area contributed by atoms with Gasteiger partial charge in [0.25, 0.3) is 0 Å². The summed E-state index contributed by atoms with van der Waals surface area (Å²) in [7, 11) is 0. The van der Waals surface area contributed by atoms with Gasteiger partial charge in [-0.05, 0) is 6.42 Å². The number of hydrogen-bond acceptors (Lipinski definition) is 4. The van der Waals surface area contributed by atoms with Crippen LogP contribution in [0.2, 0.25) is 5.15 Å². The molecule has 0 saturated carbocycles. The highest BCUT2D eigenvalue weighted by Gasteiger charge is 2.26. The Balaban J connectivity index is 2.26. The first kappa shape index (κ1) is 15.9. The van der Waals surface area contributed by atoms with Crippen molar-refractivity contribution < 1.29 is 0 Å². The van der Waals surface area contributed by atoms with Gasteiger partial charge in [0.2, 0.25) is 0 Å². The summed E-state index contributed by atoms with van der Waals surface area (Å²) in [4.78, 5) is 11.5. The molecule has 1 fully saturated rings. The zero-order valence-electron chi connectivity index (χ0n) is 13.0. The smallest absolute Gasteiger partial charge is 0.137 e. The van der Waals surface area contributed by atoms with Crippen molar-refractivity contribution in [2.24, 2.45) is 0 Å². The van der Waals surface area contributed by atoms with Crippen LogP contribution in [0.4, 0.5) is 5.82 Å². The van der Waals surface area contributed by atoms with Gasteiger partial charge in [-0.25, -0.2) is 9.97 Å². The van der Waals surface area contributed by atoms with Gasteiger partial charge in [0.1, 0.15) is 16.8 Å². The van der Waals surface area contributed by atoms with E-state index in [1.165, 1.54) is 0 Å². The Morgan fingerprint density at radius 2 is 1.95 bits per heavy atom. The zero-order valence-corrected chi connectivity index (χ0v) is 14.6. The lowest BCUT2D eigenvalue weighted by molar-refractivity contribution is 0.543. The molecule has 1 aromatic heterocycles. The van der Waals surface area contributed by atoms with Crippen LogP contribution in [0.3, 0.4) is 0 Å². The second-order valence-corrected chi connectivity index (χ2v) is 9.16. The summed E-state index contributed by atoms with van der Waals surface area (Å²) >= 11 is 8.22. The first-order valence-electron chi connectivity index (χ1n) is 7.11. The Labute approximate surface area is 131 Å². The first-order valence-corrected chi connectivity index (χ1v) is 8.48. The van der Waals surface area contributed by atoms with Gasteiger partial charge in [0.15, 0.2) is 0 Å². The molecular weight excluding hydrogens is 290 g/mol. The van der Waals surface area contributed by atoms with E-state index in [4.69, 9.17) is 16.6 Å². The van der Waals surface area contributed by atoms with Crippen molar-refractivity contribution in [3.8, 4) is 0 Å². The molecule has 0 N–H and O–H groups in total. The summed E-state index contributed by atoms with van der Waals surface area (Å²) in [5.74, 6) is 2.91. The van der Waals surface area contributed by atoms with Crippen molar-refractivity contribution in [3.63, 3.8) is 0 Å². The summed E-state index contributed by atoms with van der Waals surface area (Å²) in [5, 5.41) is 0.538. The van der Waals surface area contributed by atoms with Crippen molar-refractivity contribution in [3.05, 3.63) is 17.0 Å². The molecule has 1 saturated heterocycles. The maximum absolute atomic E-state index is 6.19. The molecular formula is C15H24ClN3S. The van der Waals surface area contributed by atoms with E-state index in [-0.39, 0.29) is 5.41 Å². The highest BCUT2D eigenvalue weighted by Crippen LogP contribution is 2.32. The van der Waals surface area contributed by atoms with E-state index in [0.29, 0.717) is 9.90 Å². The normalized spacial score (nSPS) is 19.8. The lowest BCUT2D eigenvalue weighted by Crippen LogP contribution is -2.29. The van der Waals surface area contributed by atoms with Crippen LogP contribution in [0, 0.1) is 0 Å². The predicted octanol–water partition coefficient (Wildman–Crippen LogP) is 4.15. The second-order valence-electron chi connectivity index (χ2n) is 6.97. The monoisotopic (exact) mass is 313 g/mol. The molecule has 3 nitrogen and oxygen atoms in total. The standard InChI is InChI=1S/C15H24ClN3S/c1-14(2,3)13-17-11(16)10-12(18-13)19-7-6-15(4,5)20-9-8-19/h10H,6-9H2,1-5H3. The van der Waals surface area contributed by atoms with E-state index in [1.807, 2.05) is 17.8 Å². The Morgan fingerprint density at radius 1 is 1.25 bits per heavy atom. The zero-order chi connectivity index (χ0) is 15.0. The van der Waals surface area contributed by atoms with E-state index < -0.39 is 0 Å². The van der Waals surface area contributed by atoms with E-state index in [9.17, 15) is 0 Å². The SMILES string of the molecule is CC1(C)CCN(c2cc(Cl)nc(C(C)(C)C)n2)CCS1. The fourth-order valence-electron chi connectivity index (χ4n) is 2.15. The molecule has 20 heavy (non-hydrogen) atoms. The Morgan fingerprint density at radius 3 is 2.60 bits per heavy atom. The molecule has 2 heterocycles. The van der Waals surface area contributed by atoms with Gasteiger partial charge in [-0.1, -0.05) is 46.2 Å². The largest absolute Gasteiger partial charge is 0.356 e. The molecule has 112 valence electrons. The molecule has 0 bridgehead atoms. The summed E-state index contributed by atoms with van der Waals surface area (Å²) in [6, 6.07) is 1.89.